The summed E-state index contributed by atoms with van der Waals surface area (Å²) in [6.07, 6.45) is -1.23. The van der Waals surface area contributed by atoms with Gasteiger partial charge in [-0.2, -0.15) is 0 Å². The van der Waals surface area contributed by atoms with Gasteiger partial charge < -0.3 is 15.5 Å². The van der Waals surface area contributed by atoms with Gasteiger partial charge in [-0.15, -0.1) is 0 Å². The maximum atomic E-state index is 14.6. The van der Waals surface area contributed by atoms with E-state index in [-0.39, 0.29) is 5.56 Å². The van der Waals surface area contributed by atoms with Crippen LogP contribution in [0.3, 0.4) is 0 Å². The molecule has 2 N–H and O–H groups in total. The average molecular weight is 528 g/mol. The molecule has 4 rings (SSSR count). The minimum atomic E-state index is -1.23. The largest absolute Gasteiger partial charge is 0.321 e. The predicted molar refractivity (Wildman–Crippen MR) is 127 cm³/mol. The maximum absolute atomic E-state index is 14.6. The molecule has 3 amide bonds. The van der Waals surface area contributed by atoms with Gasteiger partial charge in [0.05, 0.1) is 17.1 Å². The lowest BCUT2D eigenvalue weighted by Crippen LogP contribution is -2.47. The summed E-state index contributed by atoms with van der Waals surface area (Å²) < 4.78 is 15.5. The number of rotatable bonds is 3. The Labute approximate surface area is 192 Å². The molecule has 3 aromatic rings. The van der Waals surface area contributed by atoms with Crippen molar-refractivity contribution in [2.75, 3.05) is 17.3 Å². The van der Waals surface area contributed by atoms with Crippen molar-refractivity contribution in [2.45, 2.75) is 6.17 Å². The van der Waals surface area contributed by atoms with Crippen LogP contribution >= 0.6 is 22.6 Å². The Morgan fingerprint density at radius 1 is 1.00 bits per heavy atom. The Morgan fingerprint density at radius 2 is 1.65 bits per heavy atom. The van der Waals surface area contributed by atoms with Crippen LogP contribution in [0, 0.1) is 9.39 Å². The summed E-state index contributed by atoms with van der Waals surface area (Å²) in [6.45, 7) is 0. The summed E-state index contributed by atoms with van der Waals surface area (Å²) in [7, 11) is 1.60. The molecule has 31 heavy (non-hydrogen) atoms. The van der Waals surface area contributed by atoms with Crippen molar-refractivity contribution in [1.82, 2.24) is 5.32 Å². The fourth-order valence-corrected chi connectivity index (χ4v) is 3.85. The first-order chi connectivity index (χ1) is 15.0. The predicted octanol–water partition coefficient (Wildman–Crippen LogP) is 4.39. The highest BCUT2D eigenvalue weighted by Crippen LogP contribution is 2.28. The number of amides is 3. The van der Waals surface area contributed by atoms with E-state index in [1.165, 1.54) is 11.0 Å². The number of benzodiazepines with no additional fused rings is 1. The zero-order valence-corrected chi connectivity index (χ0v) is 18.6. The Balaban J connectivity index is 1.73. The second-order valence-electron chi connectivity index (χ2n) is 6.85. The average Bonchev–Trinajstić information content (AvgIpc) is 2.87. The van der Waals surface area contributed by atoms with Crippen LogP contribution in [-0.2, 0) is 4.79 Å². The Kier molecular flexibility index (Phi) is 5.99. The van der Waals surface area contributed by atoms with Crippen LogP contribution in [0.1, 0.15) is 11.1 Å². The van der Waals surface area contributed by atoms with Crippen LogP contribution < -0.4 is 15.5 Å². The number of hydrogen-bond donors (Lipinski definition) is 2. The molecule has 0 bridgehead atoms. The number of halogens is 2. The monoisotopic (exact) mass is 528 g/mol. The Morgan fingerprint density at radius 3 is 2.39 bits per heavy atom. The first kappa shape index (κ1) is 21.0. The normalized spacial score (nSPS) is 15.6. The van der Waals surface area contributed by atoms with E-state index in [9.17, 15) is 14.0 Å². The molecule has 8 heteroatoms. The maximum Gasteiger partial charge on any atom is 0.321 e. The first-order valence-corrected chi connectivity index (χ1v) is 10.6. The molecule has 6 nitrogen and oxygen atoms in total. The van der Waals surface area contributed by atoms with Gasteiger partial charge in [-0.1, -0.05) is 42.5 Å². The number of hydrogen-bond acceptors (Lipinski definition) is 3. The number of para-hydroxylation sites is 2. The Bertz CT molecular complexity index is 1200. The fourth-order valence-electron chi connectivity index (χ4n) is 3.33. The third-order valence-corrected chi connectivity index (χ3v) is 5.80. The zero-order valence-electron chi connectivity index (χ0n) is 16.5. The van der Waals surface area contributed by atoms with Gasteiger partial charge in [-0.05, 0) is 52.9 Å². The van der Waals surface area contributed by atoms with Gasteiger partial charge in [0.1, 0.15) is 5.82 Å². The number of benzene rings is 3. The minimum absolute atomic E-state index is 0.253. The smallest absolute Gasteiger partial charge is 0.311 e. The summed E-state index contributed by atoms with van der Waals surface area (Å²) in [4.78, 5) is 31.7. The molecule has 1 unspecified atom stereocenters. The third kappa shape index (κ3) is 4.29. The van der Waals surface area contributed by atoms with E-state index < -0.39 is 23.9 Å². The highest BCUT2D eigenvalue weighted by Gasteiger charge is 2.31. The van der Waals surface area contributed by atoms with Gasteiger partial charge in [-0.3, -0.25) is 4.79 Å². The van der Waals surface area contributed by atoms with E-state index in [1.807, 2.05) is 12.1 Å². The van der Waals surface area contributed by atoms with E-state index in [0.717, 1.165) is 3.57 Å². The van der Waals surface area contributed by atoms with E-state index in [2.05, 4.69) is 38.2 Å². The first-order valence-electron chi connectivity index (χ1n) is 9.47. The van der Waals surface area contributed by atoms with Gasteiger partial charge in [0.25, 0.3) is 5.91 Å². The molecule has 0 radical (unpaired) electrons. The number of likely N-dealkylation sites (N-methyl/N-ethyl adjacent to an activating group) is 1. The summed E-state index contributed by atoms with van der Waals surface area (Å²) in [5.41, 5.74) is 2.34. The van der Waals surface area contributed by atoms with E-state index in [4.69, 9.17) is 0 Å². The molecule has 0 aromatic heterocycles. The second-order valence-corrected chi connectivity index (χ2v) is 8.01. The molecular weight excluding hydrogens is 510 g/mol. The van der Waals surface area contributed by atoms with Crippen LogP contribution in [0.25, 0.3) is 0 Å². The van der Waals surface area contributed by atoms with Crippen LogP contribution in [0.15, 0.2) is 77.8 Å². The van der Waals surface area contributed by atoms with Gasteiger partial charge in [0, 0.05) is 21.7 Å². The van der Waals surface area contributed by atoms with Crippen molar-refractivity contribution in [3.8, 4) is 0 Å². The molecule has 1 heterocycles. The minimum Gasteiger partial charge on any atom is -0.311 e. The lowest BCUT2D eigenvalue weighted by molar-refractivity contribution is -0.119. The van der Waals surface area contributed by atoms with Crippen LogP contribution in [-0.4, -0.2) is 30.9 Å². The summed E-state index contributed by atoms with van der Waals surface area (Å²) in [5, 5.41) is 5.34. The number of fused-ring (bicyclic) bond motifs is 1. The van der Waals surface area contributed by atoms with Crippen molar-refractivity contribution in [2.24, 2.45) is 4.99 Å². The molecular formula is C23H18FIN4O2. The van der Waals surface area contributed by atoms with Crippen molar-refractivity contribution in [1.29, 1.82) is 0 Å². The third-order valence-electron chi connectivity index (χ3n) is 4.86. The molecule has 1 aliphatic heterocycles. The van der Waals surface area contributed by atoms with Crippen molar-refractivity contribution in [3.63, 3.8) is 0 Å². The van der Waals surface area contributed by atoms with E-state index in [0.29, 0.717) is 22.6 Å². The molecule has 1 atom stereocenters. The van der Waals surface area contributed by atoms with Crippen LogP contribution in [0.2, 0.25) is 0 Å². The van der Waals surface area contributed by atoms with E-state index in [1.54, 1.807) is 61.6 Å². The summed E-state index contributed by atoms with van der Waals surface area (Å²) in [5.74, 6) is -0.896. The fraction of sp³-hybridized carbons (Fsp3) is 0.0870. The summed E-state index contributed by atoms with van der Waals surface area (Å²) >= 11 is 2.11. The number of nitrogens with one attached hydrogen (secondary N) is 2. The molecule has 0 spiro atoms. The van der Waals surface area contributed by atoms with Gasteiger partial charge in [-0.25, -0.2) is 14.2 Å². The quantitative estimate of drug-likeness (QED) is 0.495. The van der Waals surface area contributed by atoms with Gasteiger partial charge in [0.15, 0.2) is 0 Å². The number of carbonyl (C=O) groups excluding carboxylic acids is 2. The highest BCUT2D eigenvalue weighted by molar-refractivity contribution is 14.1. The molecule has 0 fully saturated rings. The molecule has 3 aromatic carbocycles. The number of carbonyl (C=O) groups is 2. The van der Waals surface area contributed by atoms with Gasteiger partial charge in [0.2, 0.25) is 6.17 Å². The molecule has 0 aliphatic carbocycles. The van der Waals surface area contributed by atoms with Crippen LogP contribution in [0.5, 0.6) is 0 Å². The molecule has 0 saturated heterocycles. The van der Waals surface area contributed by atoms with Crippen molar-refractivity contribution in [3.05, 3.63) is 93.3 Å². The zero-order chi connectivity index (χ0) is 22.0. The van der Waals surface area contributed by atoms with Gasteiger partial charge >= 0.3 is 6.03 Å². The number of urea groups is 1. The SMILES string of the molecule is CN1C(=O)C(NC(=O)Nc2ccccc2I)N=C(c2ccccc2F)c2ccccc21. The second kappa shape index (κ2) is 8.84. The van der Waals surface area contributed by atoms with E-state index >= 15 is 0 Å². The molecule has 1 aliphatic rings. The Hall–Kier alpha value is -3.27. The van der Waals surface area contributed by atoms with Crippen molar-refractivity contribution >= 4 is 51.6 Å². The molecule has 0 saturated carbocycles. The summed E-state index contributed by atoms with van der Waals surface area (Å²) in [6, 6.07) is 20.0. The number of nitrogens with zero attached hydrogens (tertiary/aromatic N) is 2. The lowest BCUT2D eigenvalue weighted by Gasteiger charge is -2.21. The topological polar surface area (TPSA) is 73.8 Å². The number of anilines is 2. The van der Waals surface area contributed by atoms with Crippen molar-refractivity contribution < 1.29 is 14.0 Å². The highest BCUT2D eigenvalue weighted by atomic mass is 127. The number of aliphatic imine (C=N–C) groups is 1. The van der Waals surface area contributed by atoms with Crippen LogP contribution in [0.4, 0.5) is 20.6 Å². The lowest BCUT2D eigenvalue weighted by atomic mass is 10.00. The standard InChI is InChI=1S/C23H18FIN4O2/c1-29-19-13-7-3-9-15(19)20(14-8-2-4-10-16(14)24)27-21(22(29)30)28-23(31)26-18-12-6-5-11-17(18)25/h2-13,21H,1H3,(H2,26,28,31). The molecule has 156 valence electrons.